The van der Waals surface area contributed by atoms with Gasteiger partial charge in [-0.05, 0) is 38.3 Å². The highest BCUT2D eigenvalue weighted by atomic mass is 16.5. The van der Waals surface area contributed by atoms with E-state index in [1.165, 1.54) is 0 Å². The van der Waals surface area contributed by atoms with Crippen molar-refractivity contribution in [1.82, 2.24) is 5.32 Å². The highest BCUT2D eigenvalue weighted by Crippen LogP contribution is 2.43. The van der Waals surface area contributed by atoms with Gasteiger partial charge in [0.15, 0.2) is 0 Å². The zero-order chi connectivity index (χ0) is 8.55. The van der Waals surface area contributed by atoms with E-state index in [0.29, 0.717) is 12.5 Å². The molecule has 2 aliphatic rings. The number of carbonyl (C=O) groups excluding carboxylic acids is 1. The standard InChI is InChI=1S/C9H15NO2/c1-2-12-9(11)7-3-6-4-10-5-8(6)7/h6-8,10H,2-5H2,1H3. The Labute approximate surface area is 72.5 Å². The van der Waals surface area contributed by atoms with E-state index in [9.17, 15) is 4.79 Å². The lowest BCUT2D eigenvalue weighted by molar-refractivity contribution is -0.155. The second kappa shape index (κ2) is 3.05. The maximum absolute atomic E-state index is 11.3. The Morgan fingerprint density at radius 1 is 1.58 bits per heavy atom. The fraction of sp³-hybridized carbons (Fsp3) is 0.889. The lowest BCUT2D eigenvalue weighted by atomic mass is 9.67. The van der Waals surface area contributed by atoms with Gasteiger partial charge in [-0.2, -0.15) is 0 Å². The Hall–Kier alpha value is -0.570. The summed E-state index contributed by atoms with van der Waals surface area (Å²) >= 11 is 0. The number of esters is 1. The second-order valence-electron chi connectivity index (χ2n) is 3.68. The van der Waals surface area contributed by atoms with Crippen LogP contribution in [0.1, 0.15) is 13.3 Å². The molecule has 1 saturated carbocycles. The maximum atomic E-state index is 11.3. The van der Waals surface area contributed by atoms with Crippen molar-refractivity contribution in [2.24, 2.45) is 17.8 Å². The molecule has 3 nitrogen and oxygen atoms in total. The fourth-order valence-corrected chi connectivity index (χ4v) is 2.31. The van der Waals surface area contributed by atoms with Crippen molar-refractivity contribution in [1.29, 1.82) is 0 Å². The zero-order valence-electron chi connectivity index (χ0n) is 7.38. The van der Waals surface area contributed by atoms with Crippen LogP contribution in [-0.2, 0) is 9.53 Å². The second-order valence-corrected chi connectivity index (χ2v) is 3.68. The predicted octanol–water partition coefficient (Wildman–Crippen LogP) is 0.405. The van der Waals surface area contributed by atoms with Crippen LogP contribution in [-0.4, -0.2) is 25.7 Å². The van der Waals surface area contributed by atoms with E-state index in [4.69, 9.17) is 4.74 Å². The van der Waals surface area contributed by atoms with Crippen molar-refractivity contribution in [3.63, 3.8) is 0 Å². The molecule has 1 aliphatic carbocycles. The van der Waals surface area contributed by atoms with Gasteiger partial charge < -0.3 is 10.1 Å². The van der Waals surface area contributed by atoms with Crippen LogP contribution in [0, 0.1) is 17.8 Å². The van der Waals surface area contributed by atoms with E-state index >= 15 is 0 Å². The maximum Gasteiger partial charge on any atom is 0.309 e. The average molecular weight is 169 g/mol. The molecule has 1 N–H and O–H groups in total. The summed E-state index contributed by atoms with van der Waals surface area (Å²) in [5, 5.41) is 3.30. The number of nitrogens with one attached hydrogen (secondary N) is 1. The van der Waals surface area contributed by atoms with Gasteiger partial charge in [-0.3, -0.25) is 4.79 Å². The van der Waals surface area contributed by atoms with Gasteiger partial charge in [-0.1, -0.05) is 0 Å². The van der Waals surface area contributed by atoms with Crippen LogP contribution in [0.15, 0.2) is 0 Å². The molecule has 68 valence electrons. The summed E-state index contributed by atoms with van der Waals surface area (Å²) in [4.78, 5) is 11.3. The molecule has 0 aromatic heterocycles. The Bertz CT molecular complexity index is 193. The SMILES string of the molecule is CCOC(=O)C1CC2CNCC21. The van der Waals surface area contributed by atoms with Crippen LogP contribution < -0.4 is 5.32 Å². The van der Waals surface area contributed by atoms with Crippen LogP contribution in [0.25, 0.3) is 0 Å². The number of carbonyl (C=O) groups is 1. The number of hydrogen-bond donors (Lipinski definition) is 1. The Balaban J connectivity index is 1.87. The lowest BCUT2D eigenvalue weighted by Crippen LogP contribution is -2.41. The van der Waals surface area contributed by atoms with Crippen molar-refractivity contribution in [2.75, 3.05) is 19.7 Å². The number of fused-ring (bicyclic) bond motifs is 1. The zero-order valence-corrected chi connectivity index (χ0v) is 7.38. The third kappa shape index (κ3) is 1.12. The molecule has 0 aromatic rings. The largest absolute Gasteiger partial charge is 0.466 e. The van der Waals surface area contributed by atoms with Crippen LogP contribution in [0.4, 0.5) is 0 Å². The first-order valence-electron chi connectivity index (χ1n) is 4.70. The van der Waals surface area contributed by atoms with Gasteiger partial charge in [0, 0.05) is 0 Å². The molecule has 0 bridgehead atoms. The van der Waals surface area contributed by atoms with E-state index in [1.54, 1.807) is 0 Å². The molecule has 0 spiro atoms. The molecular formula is C9H15NO2. The minimum Gasteiger partial charge on any atom is -0.466 e. The average Bonchev–Trinajstić information content (AvgIpc) is 2.33. The van der Waals surface area contributed by atoms with E-state index in [-0.39, 0.29) is 11.9 Å². The summed E-state index contributed by atoms with van der Waals surface area (Å²) < 4.78 is 4.99. The molecule has 2 rings (SSSR count). The van der Waals surface area contributed by atoms with Gasteiger partial charge in [0.25, 0.3) is 0 Å². The van der Waals surface area contributed by atoms with Crippen molar-refractivity contribution in [3.8, 4) is 0 Å². The summed E-state index contributed by atoms with van der Waals surface area (Å²) in [5.41, 5.74) is 0. The van der Waals surface area contributed by atoms with Crippen molar-refractivity contribution in [2.45, 2.75) is 13.3 Å². The minimum absolute atomic E-state index is 0.0162. The van der Waals surface area contributed by atoms with Crippen molar-refractivity contribution in [3.05, 3.63) is 0 Å². The quantitative estimate of drug-likeness (QED) is 0.608. The third-order valence-corrected chi connectivity index (χ3v) is 3.05. The van der Waals surface area contributed by atoms with Gasteiger partial charge in [-0.15, -0.1) is 0 Å². The van der Waals surface area contributed by atoms with Gasteiger partial charge in [0.1, 0.15) is 0 Å². The first-order chi connectivity index (χ1) is 5.83. The molecule has 1 saturated heterocycles. The van der Waals surface area contributed by atoms with Gasteiger partial charge in [0.05, 0.1) is 12.5 Å². The smallest absolute Gasteiger partial charge is 0.309 e. The summed E-state index contributed by atoms with van der Waals surface area (Å²) in [7, 11) is 0. The summed E-state index contributed by atoms with van der Waals surface area (Å²) in [6, 6.07) is 0. The number of hydrogen-bond acceptors (Lipinski definition) is 3. The first kappa shape index (κ1) is 8.05. The van der Waals surface area contributed by atoms with E-state index in [2.05, 4.69) is 5.32 Å². The molecule has 0 aromatic carbocycles. The van der Waals surface area contributed by atoms with Crippen LogP contribution in [0.5, 0.6) is 0 Å². The minimum atomic E-state index is 0.0162. The Morgan fingerprint density at radius 3 is 3.08 bits per heavy atom. The van der Waals surface area contributed by atoms with E-state index < -0.39 is 0 Å². The number of ether oxygens (including phenoxy) is 1. The predicted molar refractivity (Wildman–Crippen MR) is 44.6 cm³/mol. The van der Waals surface area contributed by atoms with Crippen LogP contribution in [0.2, 0.25) is 0 Å². The monoisotopic (exact) mass is 169 g/mol. The fourth-order valence-electron chi connectivity index (χ4n) is 2.31. The molecule has 0 radical (unpaired) electrons. The summed E-state index contributed by atoms with van der Waals surface area (Å²) in [6.07, 6.45) is 1.04. The molecule has 3 atom stereocenters. The van der Waals surface area contributed by atoms with Crippen molar-refractivity contribution >= 4 is 5.97 Å². The molecule has 3 unspecified atom stereocenters. The van der Waals surface area contributed by atoms with Gasteiger partial charge in [-0.25, -0.2) is 0 Å². The first-order valence-corrected chi connectivity index (χ1v) is 4.70. The van der Waals surface area contributed by atoms with E-state index in [1.807, 2.05) is 6.92 Å². The highest BCUT2D eigenvalue weighted by Gasteiger charge is 2.48. The number of rotatable bonds is 2. The van der Waals surface area contributed by atoms with Gasteiger partial charge >= 0.3 is 5.97 Å². The normalized spacial score (nSPS) is 38.6. The molecule has 0 amide bonds. The topological polar surface area (TPSA) is 38.3 Å². The van der Waals surface area contributed by atoms with Crippen molar-refractivity contribution < 1.29 is 9.53 Å². The molecule has 1 heterocycles. The molecule has 2 fully saturated rings. The van der Waals surface area contributed by atoms with E-state index in [0.717, 1.165) is 25.4 Å². The van der Waals surface area contributed by atoms with Crippen LogP contribution >= 0.6 is 0 Å². The Morgan fingerprint density at radius 2 is 2.42 bits per heavy atom. The lowest BCUT2D eigenvalue weighted by Gasteiger charge is -2.37. The highest BCUT2D eigenvalue weighted by molar-refractivity contribution is 5.74. The van der Waals surface area contributed by atoms with Gasteiger partial charge in [0.2, 0.25) is 0 Å². The Kier molecular flexibility index (Phi) is 2.05. The molecular weight excluding hydrogens is 154 g/mol. The molecule has 1 aliphatic heterocycles. The van der Waals surface area contributed by atoms with Crippen LogP contribution in [0.3, 0.4) is 0 Å². The summed E-state index contributed by atoms with van der Waals surface area (Å²) in [6.45, 7) is 4.48. The molecule has 12 heavy (non-hydrogen) atoms. The third-order valence-electron chi connectivity index (χ3n) is 3.05. The summed E-state index contributed by atoms with van der Waals surface area (Å²) in [5.74, 6) is 1.54. The molecule has 3 heteroatoms.